The molecule has 0 heterocycles. The molecule has 0 bridgehead atoms. The highest BCUT2D eigenvalue weighted by atomic mass is 16.5. The second kappa shape index (κ2) is 5.37. The molecule has 102 valence electrons. The fourth-order valence-corrected chi connectivity index (χ4v) is 2.05. The molecule has 1 saturated carbocycles. The number of ketones is 1. The second-order valence-corrected chi connectivity index (χ2v) is 4.87. The minimum absolute atomic E-state index is 0.0413. The highest BCUT2D eigenvalue weighted by molar-refractivity contribution is 6.10. The van der Waals surface area contributed by atoms with Crippen LogP contribution in [-0.2, 0) is 0 Å². The van der Waals surface area contributed by atoms with Gasteiger partial charge in [0.05, 0.1) is 18.8 Å². The van der Waals surface area contributed by atoms with Gasteiger partial charge in [-0.15, -0.1) is 0 Å². The van der Waals surface area contributed by atoms with Gasteiger partial charge in [0.2, 0.25) is 0 Å². The van der Waals surface area contributed by atoms with Crippen LogP contribution in [0.4, 0.5) is 0 Å². The lowest BCUT2D eigenvalue weighted by molar-refractivity contribution is 0.103. The van der Waals surface area contributed by atoms with Crippen molar-refractivity contribution in [1.29, 1.82) is 0 Å². The van der Waals surface area contributed by atoms with Gasteiger partial charge in [0.25, 0.3) is 0 Å². The molecule has 0 radical (unpaired) electrons. The van der Waals surface area contributed by atoms with Crippen molar-refractivity contribution in [3.05, 3.63) is 59.7 Å². The molecule has 0 saturated heterocycles. The molecule has 0 N–H and O–H groups in total. The summed E-state index contributed by atoms with van der Waals surface area (Å²) in [5, 5.41) is 0. The van der Waals surface area contributed by atoms with Gasteiger partial charge in [0, 0.05) is 5.56 Å². The predicted molar refractivity (Wildman–Crippen MR) is 76.5 cm³/mol. The minimum Gasteiger partial charge on any atom is -0.496 e. The summed E-state index contributed by atoms with van der Waals surface area (Å²) in [5.74, 6) is 1.38. The molecule has 1 fully saturated rings. The molecule has 0 spiro atoms. The van der Waals surface area contributed by atoms with Crippen molar-refractivity contribution >= 4 is 5.78 Å². The van der Waals surface area contributed by atoms with Crippen LogP contribution in [0.2, 0.25) is 0 Å². The molecule has 2 aromatic carbocycles. The quantitative estimate of drug-likeness (QED) is 0.779. The summed E-state index contributed by atoms with van der Waals surface area (Å²) in [5.41, 5.74) is 1.21. The Balaban J connectivity index is 1.82. The smallest absolute Gasteiger partial charge is 0.196 e. The molecule has 3 rings (SSSR count). The number of benzene rings is 2. The summed E-state index contributed by atoms with van der Waals surface area (Å²) in [6.07, 6.45) is 2.62. The molecule has 1 aliphatic rings. The van der Waals surface area contributed by atoms with E-state index in [1.807, 2.05) is 24.3 Å². The highest BCUT2D eigenvalue weighted by Crippen LogP contribution is 2.27. The Morgan fingerprint density at radius 3 is 2.40 bits per heavy atom. The SMILES string of the molecule is COc1ccccc1C(=O)c1ccc(OC2CC2)cc1. The van der Waals surface area contributed by atoms with Crippen LogP contribution in [0, 0.1) is 0 Å². The zero-order chi connectivity index (χ0) is 13.9. The van der Waals surface area contributed by atoms with Crippen LogP contribution in [-0.4, -0.2) is 19.0 Å². The maximum atomic E-state index is 12.5. The third kappa shape index (κ3) is 2.67. The van der Waals surface area contributed by atoms with Gasteiger partial charge < -0.3 is 9.47 Å². The van der Waals surface area contributed by atoms with E-state index in [4.69, 9.17) is 9.47 Å². The van der Waals surface area contributed by atoms with Crippen molar-refractivity contribution in [2.24, 2.45) is 0 Å². The molecule has 20 heavy (non-hydrogen) atoms. The van der Waals surface area contributed by atoms with E-state index in [0.717, 1.165) is 18.6 Å². The number of carbonyl (C=O) groups excluding carboxylic acids is 1. The molecule has 0 aliphatic heterocycles. The van der Waals surface area contributed by atoms with E-state index in [2.05, 4.69) is 0 Å². The lowest BCUT2D eigenvalue weighted by Gasteiger charge is -2.08. The molecule has 0 unspecified atom stereocenters. The lowest BCUT2D eigenvalue weighted by atomic mass is 10.0. The van der Waals surface area contributed by atoms with Gasteiger partial charge in [-0.1, -0.05) is 12.1 Å². The summed E-state index contributed by atoms with van der Waals surface area (Å²) >= 11 is 0. The first kappa shape index (κ1) is 12.7. The van der Waals surface area contributed by atoms with E-state index in [-0.39, 0.29) is 5.78 Å². The molecular formula is C17H16O3. The maximum absolute atomic E-state index is 12.5. The van der Waals surface area contributed by atoms with Crippen LogP contribution in [0.25, 0.3) is 0 Å². The van der Waals surface area contributed by atoms with Crippen LogP contribution in [0.5, 0.6) is 11.5 Å². The Labute approximate surface area is 118 Å². The molecular weight excluding hydrogens is 252 g/mol. The number of hydrogen-bond acceptors (Lipinski definition) is 3. The van der Waals surface area contributed by atoms with Crippen LogP contribution >= 0.6 is 0 Å². The zero-order valence-electron chi connectivity index (χ0n) is 11.3. The predicted octanol–water partition coefficient (Wildman–Crippen LogP) is 3.47. The molecule has 0 aromatic heterocycles. The molecule has 3 heteroatoms. The zero-order valence-corrected chi connectivity index (χ0v) is 11.3. The molecule has 0 amide bonds. The Morgan fingerprint density at radius 1 is 1.05 bits per heavy atom. The Bertz CT molecular complexity index is 612. The van der Waals surface area contributed by atoms with Crippen LogP contribution in [0.3, 0.4) is 0 Å². The summed E-state index contributed by atoms with van der Waals surface area (Å²) in [4.78, 5) is 12.5. The minimum atomic E-state index is -0.0413. The fraction of sp³-hybridized carbons (Fsp3) is 0.235. The van der Waals surface area contributed by atoms with Crippen molar-refractivity contribution in [1.82, 2.24) is 0 Å². The average molecular weight is 268 g/mol. The fourth-order valence-electron chi connectivity index (χ4n) is 2.05. The first-order chi connectivity index (χ1) is 9.78. The summed E-state index contributed by atoms with van der Waals surface area (Å²) < 4.78 is 10.9. The van der Waals surface area contributed by atoms with Crippen LogP contribution in [0.1, 0.15) is 28.8 Å². The van der Waals surface area contributed by atoms with Crippen molar-refractivity contribution < 1.29 is 14.3 Å². The van der Waals surface area contributed by atoms with Gasteiger partial charge in [-0.05, 0) is 49.2 Å². The number of para-hydroxylation sites is 1. The lowest BCUT2D eigenvalue weighted by Crippen LogP contribution is -2.04. The highest BCUT2D eigenvalue weighted by Gasteiger charge is 2.23. The standard InChI is InChI=1S/C17H16O3/c1-19-16-5-3-2-4-15(16)17(18)12-6-8-13(9-7-12)20-14-10-11-14/h2-9,14H,10-11H2,1H3. The number of methoxy groups -OCH3 is 1. The molecule has 3 nitrogen and oxygen atoms in total. The van der Waals surface area contributed by atoms with Gasteiger partial charge in [-0.25, -0.2) is 0 Å². The van der Waals surface area contributed by atoms with Gasteiger partial charge in [-0.3, -0.25) is 4.79 Å². The van der Waals surface area contributed by atoms with Crippen molar-refractivity contribution in [2.75, 3.05) is 7.11 Å². The van der Waals surface area contributed by atoms with E-state index in [0.29, 0.717) is 23.0 Å². The Morgan fingerprint density at radius 2 is 1.75 bits per heavy atom. The van der Waals surface area contributed by atoms with Gasteiger partial charge in [-0.2, -0.15) is 0 Å². The third-order valence-corrected chi connectivity index (χ3v) is 3.30. The Hall–Kier alpha value is -2.29. The monoisotopic (exact) mass is 268 g/mol. The summed E-state index contributed by atoms with van der Waals surface area (Å²) in [6.45, 7) is 0. The van der Waals surface area contributed by atoms with Gasteiger partial charge in [0.15, 0.2) is 5.78 Å². The maximum Gasteiger partial charge on any atom is 0.196 e. The molecule has 1 aliphatic carbocycles. The first-order valence-electron chi connectivity index (χ1n) is 6.72. The average Bonchev–Trinajstić information content (AvgIpc) is 3.31. The number of hydrogen-bond donors (Lipinski definition) is 0. The topological polar surface area (TPSA) is 35.5 Å². The van der Waals surface area contributed by atoms with Crippen molar-refractivity contribution in [2.45, 2.75) is 18.9 Å². The molecule has 2 aromatic rings. The Kier molecular flexibility index (Phi) is 3.42. The van der Waals surface area contributed by atoms with Crippen LogP contribution < -0.4 is 9.47 Å². The van der Waals surface area contributed by atoms with Crippen molar-refractivity contribution in [3.8, 4) is 11.5 Å². The summed E-state index contributed by atoms with van der Waals surface area (Å²) in [7, 11) is 1.57. The number of rotatable bonds is 5. The van der Waals surface area contributed by atoms with Crippen LogP contribution in [0.15, 0.2) is 48.5 Å². The molecule has 0 atom stereocenters. The van der Waals surface area contributed by atoms with Gasteiger partial charge >= 0.3 is 0 Å². The normalized spacial score (nSPS) is 13.8. The summed E-state index contributed by atoms with van der Waals surface area (Å²) in [6, 6.07) is 14.5. The third-order valence-electron chi connectivity index (χ3n) is 3.30. The second-order valence-electron chi connectivity index (χ2n) is 4.87. The number of carbonyl (C=O) groups is 1. The largest absolute Gasteiger partial charge is 0.496 e. The van der Waals surface area contributed by atoms with E-state index in [1.54, 1.807) is 31.4 Å². The van der Waals surface area contributed by atoms with E-state index in [9.17, 15) is 4.79 Å². The van der Waals surface area contributed by atoms with E-state index in [1.165, 1.54) is 0 Å². The van der Waals surface area contributed by atoms with Crippen molar-refractivity contribution in [3.63, 3.8) is 0 Å². The first-order valence-corrected chi connectivity index (χ1v) is 6.72. The number of ether oxygens (including phenoxy) is 2. The van der Waals surface area contributed by atoms with Gasteiger partial charge in [0.1, 0.15) is 11.5 Å². The van der Waals surface area contributed by atoms with E-state index < -0.39 is 0 Å². The van der Waals surface area contributed by atoms with E-state index >= 15 is 0 Å².